The van der Waals surface area contributed by atoms with Gasteiger partial charge in [-0.15, -0.1) is 6.58 Å². The number of hydrogen-bond acceptors (Lipinski definition) is 2. The molecule has 0 amide bonds. The summed E-state index contributed by atoms with van der Waals surface area (Å²) in [5.41, 5.74) is 4.81. The van der Waals surface area contributed by atoms with Gasteiger partial charge in [0.2, 0.25) is 0 Å². The molecule has 76 valence electrons. The summed E-state index contributed by atoms with van der Waals surface area (Å²) in [6.45, 7) is 3.25. The first-order valence-corrected chi connectivity index (χ1v) is 3.73. The normalized spacial score (nSPS) is 12.6. The largest absolute Gasteiger partial charge is 0.507 e. The van der Waals surface area contributed by atoms with Gasteiger partial charge in [-0.1, -0.05) is 6.08 Å². The third-order valence-electron chi connectivity index (χ3n) is 1.77. The van der Waals surface area contributed by atoms with Crippen LogP contribution in [0.4, 0.5) is 13.2 Å². The first-order chi connectivity index (χ1) is 6.49. The van der Waals surface area contributed by atoms with Gasteiger partial charge in [-0.05, 0) is 0 Å². The summed E-state index contributed by atoms with van der Waals surface area (Å²) in [7, 11) is 0. The van der Waals surface area contributed by atoms with Crippen molar-refractivity contribution in [2.75, 3.05) is 0 Å². The van der Waals surface area contributed by atoms with Crippen LogP contribution in [0.15, 0.2) is 18.7 Å². The van der Waals surface area contributed by atoms with E-state index in [0.717, 1.165) is 6.08 Å². The summed E-state index contributed by atoms with van der Waals surface area (Å²) >= 11 is 0. The SMILES string of the molecule is C=C[C@H](N)c1c(O)cc(F)c(F)c1F. The Morgan fingerprint density at radius 1 is 1.36 bits per heavy atom. The maximum Gasteiger partial charge on any atom is 0.195 e. The van der Waals surface area contributed by atoms with Crippen molar-refractivity contribution in [3.05, 3.63) is 41.7 Å². The van der Waals surface area contributed by atoms with Crippen molar-refractivity contribution in [3.63, 3.8) is 0 Å². The zero-order valence-electron chi connectivity index (χ0n) is 7.10. The van der Waals surface area contributed by atoms with Crippen molar-refractivity contribution in [2.24, 2.45) is 5.73 Å². The minimum atomic E-state index is -1.66. The summed E-state index contributed by atoms with van der Waals surface area (Å²) in [4.78, 5) is 0. The van der Waals surface area contributed by atoms with E-state index in [4.69, 9.17) is 10.8 Å². The molecule has 0 aliphatic carbocycles. The van der Waals surface area contributed by atoms with Crippen LogP contribution in [0, 0.1) is 17.5 Å². The maximum absolute atomic E-state index is 13.1. The third-order valence-corrected chi connectivity index (χ3v) is 1.77. The zero-order chi connectivity index (χ0) is 10.9. The summed E-state index contributed by atoms with van der Waals surface area (Å²) < 4.78 is 38.3. The van der Waals surface area contributed by atoms with Gasteiger partial charge < -0.3 is 10.8 Å². The molecule has 3 N–H and O–H groups in total. The van der Waals surface area contributed by atoms with E-state index in [2.05, 4.69) is 6.58 Å². The van der Waals surface area contributed by atoms with Crippen molar-refractivity contribution in [3.8, 4) is 5.75 Å². The van der Waals surface area contributed by atoms with E-state index in [9.17, 15) is 13.2 Å². The van der Waals surface area contributed by atoms with Gasteiger partial charge >= 0.3 is 0 Å². The van der Waals surface area contributed by atoms with Crippen LogP contribution >= 0.6 is 0 Å². The summed E-state index contributed by atoms with van der Waals surface area (Å²) in [5.74, 6) is -5.33. The van der Waals surface area contributed by atoms with E-state index in [0.29, 0.717) is 6.07 Å². The van der Waals surface area contributed by atoms with Crippen molar-refractivity contribution in [2.45, 2.75) is 6.04 Å². The Labute approximate surface area is 78.5 Å². The molecule has 0 saturated heterocycles. The molecule has 1 rings (SSSR count). The highest BCUT2D eigenvalue weighted by atomic mass is 19.2. The van der Waals surface area contributed by atoms with Crippen LogP contribution < -0.4 is 5.73 Å². The van der Waals surface area contributed by atoms with Gasteiger partial charge in [-0.25, -0.2) is 13.2 Å². The van der Waals surface area contributed by atoms with E-state index >= 15 is 0 Å². The highest BCUT2D eigenvalue weighted by molar-refractivity contribution is 5.38. The Kier molecular flexibility index (Phi) is 2.81. The summed E-state index contributed by atoms with van der Waals surface area (Å²) in [5, 5.41) is 9.12. The highest BCUT2D eigenvalue weighted by Crippen LogP contribution is 2.29. The molecule has 14 heavy (non-hydrogen) atoms. The molecule has 2 nitrogen and oxygen atoms in total. The first kappa shape index (κ1) is 10.6. The lowest BCUT2D eigenvalue weighted by atomic mass is 10.1. The van der Waals surface area contributed by atoms with Crippen LogP contribution in [0.3, 0.4) is 0 Å². The quantitative estimate of drug-likeness (QED) is 0.570. The Morgan fingerprint density at radius 3 is 2.43 bits per heavy atom. The Hall–Kier alpha value is -1.49. The molecule has 1 aromatic carbocycles. The molecule has 1 atom stereocenters. The molecule has 0 aromatic heterocycles. The average molecular weight is 203 g/mol. The molecule has 0 bridgehead atoms. The smallest absolute Gasteiger partial charge is 0.195 e. The number of phenols is 1. The number of phenolic OH excluding ortho intramolecular Hbond substituents is 1. The molecule has 0 unspecified atom stereocenters. The van der Waals surface area contributed by atoms with E-state index in [1.165, 1.54) is 0 Å². The van der Waals surface area contributed by atoms with E-state index in [1.54, 1.807) is 0 Å². The lowest BCUT2D eigenvalue weighted by Gasteiger charge is -2.11. The predicted octanol–water partition coefficient (Wildman–Crippen LogP) is 2.00. The molecule has 1 aromatic rings. The fourth-order valence-electron chi connectivity index (χ4n) is 1.03. The molecular formula is C9H8F3NO. The van der Waals surface area contributed by atoms with Crippen molar-refractivity contribution in [1.29, 1.82) is 0 Å². The van der Waals surface area contributed by atoms with Crippen LogP contribution in [0.2, 0.25) is 0 Å². The number of nitrogens with two attached hydrogens (primary N) is 1. The fourth-order valence-corrected chi connectivity index (χ4v) is 1.03. The lowest BCUT2D eigenvalue weighted by molar-refractivity contribution is 0.406. The number of hydrogen-bond donors (Lipinski definition) is 2. The third kappa shape index (κ3) is 1.58. The van der Waals surface area contributed by atoms with E-state index < -0.39 is 34.8 Å². The van der Waals surface area contributed by atoms with Crippen molar-refractivity contribution >= 4 is 0 Å². The lowest BCUT2D eigenvalue weighted by Crippen LogP contribution is -2.11. The molecule has 0 aliphatic rings. The monoisotopic (exact) mass is 203 g/mol. The standard InChI is InChI=1S/C9H8F3NO/c1-2-5(13)7-6(14)3-4(10)8(11)9(7)12/h2-3,5,14H,1,13H2/t5-/m0/s1. The second kappa shape index (κ2) is 3.71. The second-order valence-corrected chi connectivity index (χ2v) is 2.68. The molecule has 5 heteroatoms. The average Bonchev–Trinajstić information content (AvgIpc) is 2.14. The van der Waals surface area contributed by atoms with Gasteiger partial charge in [0.1, 0.15) is 5.75 Å². The molecule has 0 saturated carbocycles. The van der Waals surface area contributed by atoms with Crippen LogP contribution in [0.5, 0.6) is 5.75 Å². The van der Waals surface area contributed by atoms with Gasteiger partial charge in [0.25, 0.3) is 0 Å². The van der Waals surface area contributed by atoms with Crippen LogP contribution in [-0.2, 0) is 0 Å². The number of rotatable bonds is 2. The fraction of sp³-hybridized carbons (Fsp3) is 0.111. The zero-order valence-corrected chi connectivity index (χ0v) is 7.10. The molecule has 0 spiro atoms. The Balaban J connectivity index is 3.43. The molecule has 0 fully saturated rings. The molecule has 0 radical (unpaired) electrons. The molecule has 0 heterocycles. The predicted molar refractivity (Wildman–Crippen MR) is 45.1 cm³/mol. The maximum atomic E-state index is 13.1. The minimum absolute atomic E-state index is 0.469. The van der Waals surface area contributed by atoms with Crippen molar-refractivity contribution in [1.82, 2.24) is 0 Å². The van der Waals surface area contributed by atoms with Gasteiger partial charge in [0.05, 0.1) is 11.6 Å². The Morgan fingerprint density at radius 2 is 1.93 bits per heavy atom. The van der Waals surface area contributed by atoms with Crippen LogP contribution in [-0.4, -0.2) is 5.11 Å². The molecular weight excluding hydrogens is 195 g/mol. The number of halogens is 3. The van der Waals surface area contributed by atoms with Gasteiger partial charge in [-0.3, -0.25) is 0 Å². The van der Waals surface area contributed by atoms with E-state index in [-0.39, 0.29) is 0 Å². The second-order valence-electron chi connectivity index (χ2n) is 2.68. The van der Waals surface area contributed by atoms with Gasteiger partial charge in [0.15, 0.2) is 17.5 Å². The summed E-state index contributed by atoms with van der Waals surface area (Å²) in [6, 6.07) is -0.609. The first-order valence-electron chi connectivity index (χ1n) is 3.73. The topological polar surface area (TPSA) is 46.2 Å². The number of aromatic hydroxyl groups is 1. The highest BCUT2D eigenvalue weighted by Gasteiger charge is 2.21. The van der Waals surface area contributed by atoms with Crippen LogP contribution in [0.25, 0.3) is 0 Å². The summed E-state index contributed by atoms with van der Waals surface area (Å²) in [6.07, 6.45) is 1.11. The van der Waals surface area contributed by atoms with E-state index in [1.807, 2.05) is 0 Å². The van der Waals surface area contributed by atoms with Crippen LogP contribution in [0.1, 0.15) is 11.6 Å². The van der Waals surface area contributed by atoms with Gasteiger partial charge in [0, 0.05) is 6.07 Å². The molecule has 0 aliphatic heterocycles. The number of benzene rings is 1. The Bertz CT molecular complexity index is 379. The minimum Gasteiger partial charge on any atom is -0.507 e. The van der Waals surface area contributed by atoms with Gasteiger partial charge in [-0.2, -0.15) is 0 Å². The van der Waals surface area contributed by atoms with Crippen molar-refractivity contribution < 1.29 is 18.3 Å².